The van der Waals surface area contributed by atoms with Gasteiger partial charge >= 0.3 is 0 Å². The number of amides is 1. The Morgan fingerprint density at radius 3 is 2.48 bits per heavy atom. The molecular weight excluding hydrogens is 372 g/mol. The summed E-state index contributed by atoms with van der Waals surface area (Å²) in [5.41, 5.74) is 1.51. The molecule has 9 heteroatoms. The van der Waals surface area contributed by atoms with E-state index >= 15 is 0 Å². The van der Waals surface area contributed by atoms with Gasteiger partial charge in [0.1, 0.15) is 5.69 Å². The van der Waals surface area contributed by atoms with Crippen LogP contribution in [0.25, 0.3) is 17.1 Å². The van der Waals surface area contributed by atoms with E-state index in [4.69, 9.17) is 0 Å². The molecule has 0 aliphatic carbocycles. The summed E-state index contributed by atoms with van der Waals surface area (Å²) < 4.78 is 1.51. The molecule has 2 aromatic heterocycles. The Morgan fingerprint density at radius 1 is 1.07 bits per heavy atom. The fourth-order valence-corrected chi connectivity index (χ4v) is 2.76. The molecule has 0 aliphatic rings. The van der Waals surface area contributed by atoms with Gasteiger partial charge in [0.2, 0.25) is 0 Å². The fraction of sp³-hybridized carbons (Fsp3) is 0. The van der Waals surface area contributed by atoms with Crippen molar-refractivity contribution in [3.63, 3.8) is 0 Å². The molecule has 0 saturated heterocycles. The van der Waals surface area contributed by atoms with Gasteiger partial charge in [-0.2, -0.15) is 0 Å². The molecule has 0 fully saturated rings. The highest BCUT2D eigenvalue weighted by atomic mass is 16.6. The monoisotopic (exact) mass is 386 g/mol. The molecule has 0 saturated carbocycles. The number of carbonyl (C=O) groups is 1. The fourth-order valence-electron chi connectivity index (χ4n) is 2.76. The Balaban J connectivity index is 1.55. The van der Waals surface area contributed by atoms with Crippen molar-refractivity contribution in [2.75, 3.05) is 5.32 Å². The van der Waals surface area contributed by atoms with Crippen molar-refractivity contribution in [3.8, 4) is 17.1 Å². The second-order valence-corrected chi connectivity index (χ2v) is 6.05. The first kappa shape index (κ1) is 18.0. The number of rotatable bonds is 5. The van der Waals surface area contributed by atoms with Gasteiger partial charge in [0.05, 0.1) is 29.3 Å². The van der Waals surface area contributed by atoms with Crippen LogP contribution in [-0.4, -0.2) is 30.3 Å². The Labute approximate surface area is 164 Å². The van der Waals surface area contributed by atoms with Crippen LogP contribution in [0.4, 0.5) is 11.4 Å². The van der Waals surface area contributed by atoms with Gasteiger partial charge in [-0.05, 0) is 12.1 Å². The maximum atomic E-state index is 12.5. The van der Waals surface area contributed by atoms with Gasteiger partial charge in [0.25, 0.3) is 11.6 Å². The van der Waals surface area contributed by atoms with Crippen LogP contribution in [0.2, 0.25) is 0 Å². The number of anilines is 1. The molecule has 0 aliphatic heterocycles. The first-order chi connectivity index (χ1) is 14.1. The topological polar surface area (TPSA) is 116 Å². The molecule has 1 amide bonds. The molecule has 0 unspecified atom stereocenters. The molecule has 4 rings (SSSR count). The summed E-state index contributed by atoms with van der Waals surface area (Å²) in [5.74, 6) is 0.0327. The summed E-state index contributed by atoms with van der Waals surface area (Å²) in [6, 6.07) is 13.7. The predicted molar refractivity (Wildman–Crippen MR) is 106 cm³/mol. The van der Waals surface area contributed by atoms with E-state index in [1.807, 2.05) is 30.3 Å². The number of nitro groups is 1. The first-order valence-corrected chi connectivity index (χ1v) is 8.57. The van der Waals surface area contributed by atoms with Crippen LogP contribution in [0.5, 0.6) is 0 Å². The lowest BCUT2D eigenvalue weighted by Crippen LogP contribution is -2.13. The third-order valence-corrected chi connectivity index (χ3v) is 4.16. The lowest BCUT2D eigenvalue weighted by atomic mass is 10.1. The zero-order chi connectivity index (χ0) is 20.2. The number of imidazole rings is 1. The zero-order valence-electron chi connectivity index (χ0n) is 15.0. The van der Waals surface area contributed by atoms with Crippen molar-refractivity contribution in [1.82, 2.24) is 19.5 Å². The largest absolute Gasteiger partial charge is 0.319 e. The van der Waals surface area contributed by atoms with E-state index in [1.165, 1.54) is 47.7 Å². The minimum atomic E-state index is -0.538. The molecule has 0 bridgehead atoms. The molecule has 29 heavy (non-hydrogen) atoms. The number of hydrogen-bond acceptors (Lipinski definition) is 6. The van der Waals surface area contributed by atoms with Gasteiger partial charge in [0, 0.05) is 29.6 Å². The summed E-state index contributed by atoms with van der Waals surface area (Å²) in [7, 11) is 0. The molecule has 2 heterocycles. The molecule has 9 nitrogen and oxygen atoms in total. The lowest BCUT2D eigenvalue weighted by molar-refractivity contribution is -0.384. The molecule has 2 aromatic carbocycles. The van der Waals surface area contributed by atoms with Crippen LogP contribution < -0.4 is 5.32 Å². The van der Waals surface area contributed by atoms with E-state index < -0.39 is 10.8 Å². The average Bonchev–Trinajstić information content (AvgIpc) is 3.29. The highest BCUT2D eigenvalue weighted by Gasteiger charge is 2.19. The summed E-state index contributed by atoms with van der Waals surface area (Å²) in [6.07, 6.45) is 7.54. The van der Waals surface area contributed by atoms with Crippen LogP contribution in [0, 0.1) is 10.1 Å². The second-order valence-electron chi connectivity index (χ2n) is 6.05. The smallest absolute Gasteiger partial charge is 0.294 e. The van der Waals surface area contributed by atoms with Gasteiger partial charge in [-0.1, -0.05) is 30.3 Å². The van der Waals surface area contributed by atoms with Crippen molar-refractivity contribution < 1.29 is 9.72 Å². The molecule has 142 valence electrons. The maximum Gasteiger partial charge on any atom is 0.294 e. The highest BCUT2D eigenvalue weighted by molar-refractivity contribution is 6.04. The van der Waals surface area contributed by atoms with Gasteiger partial charge in [-0.3, -0.25) is 14.9 Å². The van der Waals surface area contributed by atoms with Gasteiger partial charge in [0.15, 0.2) is 5.82 Å². The van der Waals surface area contributed by atoms with E-state index in [0.29, 0.717) is 17.2 Å². The summed E-state index contributed by atoms with van der Waals surface area (Å²) in [5, 5.41) is 14.1. The van der Waals surface area contributed by atoms with Crippen molar-refractivity contribution in [3.05, 3.63) is 95.3 Å². The van der Waals surface area contributed by atoms with Crippen LogP contribution in [0.3, 0.4) is 0 Å². The Hall–Kier alpha value is -4.40. The van der Waals surface area contributed by atoms with E-state index in [1.54, 1.807) is 6.20 Å². The van der Waals surface area contributed by atoms with E-state index in [0.717, 1.165) is 5.56 Å². The minimum absolute atomic E-state index is 0.146. The molecular formula is C20H14N6O3. The van der Waals surface area contributed by atoms with E-state index in [9.17, 15) is 14.9 Å². The van der Waals surface area contributed by atoms with Crippen molar-refractivity contribution in [2.45, 2.75) is 0 Å². The van der Waals surface area contributed by atoms with Crippen LogP contribution >= 0.6 is 0 Å². The number of benzene rings is 2. The third kappa shape index (κ3) is 3.83. The average molecular weight is 386 g/mol. The van der Waals surface area contributed by atoms with Crippen molar-refractivity contribution in [1.29, 1.82) is 0 Å². The van der Waals surface area contributed by atoms with Gasteiger partial charge in [-0.25, -0.2) is 15.0 Å². The van der Waals surface area contributed by atoms with Crippen molar-refractivity contribution >= 4 is 17.3 Å². The first-order valence-electron chi connectivity index (χ1n) is 8.57. The Morgan fingerprint density at radius 2 is 1.83 bits per heavy atom. The summed E-state index contributed by atoms with van der Waals surface area (Å²) in [6.45, 7) is 0. The second kappa shape index (κ2) is 7.69. The van der Waals surface area contributed by atoms with Crippen LogP contribution in [0.15, 0.2) is 79.6 Å². The number of hydrogen-bond donors (Lipinski definition) is 1. The number of nitro benzene ring substituents is 1. The van der Waals surface area contributed by atoms with Gasteiger partial charge < -0.3 is 9.88 Å². The number of nitrogens with one attached hydrogen (secondary N) is 1. The Bertz CT molecular complexity index is 1160. The van der Waals surface area contributed by atoms with Crippen LogP contribution in [0.1, 0.15) is 10.4 Å². The molecule has 0 radical (unpaired) electrons. The van der Waals surface area contributed by atoms with Crippen LogP contribution in [-0.2, 0) is 0 Å². The van der Waals surface area contributed by atoms with Crippen molar-refractivity contribution in [2.24, 2.45) is 0 Å². The molecule has 4 aromatic rings. The highest BCUT2D eigenvalue weighted by Crippen LogP contribution is 2.25. The maximum absolute atomic E-state index is 12.5. The standard InChI is InChI=1S/C20H14N6O3/c27-20(24-16-11-22-19(23-12-16)14-4-2-1-3-5-14)15-6-7-17(18(10-15)26(28)29)25-9-8-21-13-25/h1-13H,(H,24,27). The molecule has 0 spiro atoms. The third-order valence-electron chi connectivity index (χ3n) is 4.16. The molecule has 1 N–H and O–H groups in total. The number of aromatic nitrogens is 4. The minimum Gasteiger partial charge on any atom is -0.319 e. The number of carbonyl (C=O) groups excluding carboxylic acids is 1. The van der Waals surface area contributed by atoms with E-state index in [-0.39, 0.29) is 11.3 Å². The zero-order valence-corrected chi connectivity index (χ0v) is 15.0. The summed E-state index contributed by atoms with van der Waals surface area (Å²) >= 11 is 0. The van der Waals surface area contributed by atoms with E-state index in [2.05, 4.69) is 20.3 Å². The van der Waals surface area contributed by atoms with Gasteiger partial charge in [-0.15, -0.1) is 0 Å². The normalized spacial score (nSPS) is 10.5. The SMILES string of the molecule is O=C(Nc1cnc(-c2ccccc2)nc1)c1ccc(-n2ccnc2)c([N+](=O)[O-])c1. The molecule has 0 atom stereocenters. The number of nitrogens with zero attached hydrogens (tertiary/aromatic N) is 5. The predicted octanol–water partition coefficient (Wildman–Crippen LogP) is 3.49. The Kier molecular flexibility index (Phi) is 4.77. The summed E-state index contributed by atoms with van der Waals surface area (Å²) in [4.78, 5) is 35.8. The lowest BCUT2D eigenvalue weighted by Gasteiger charge is -2.08. The quantitative estimate of drug-likeness (QED) is 0.415.